The third-order valence-corrected chi connectivity index (χ3v) is 3.04. The molecule has 0 aliphatic rings. The standard InChI is InChI=1S/C11H11BrN2O/c1-6-5-7-8(12)3-4-9(15-2)10(7)14-11(6)13/h3-5H,1-2H3,(H2,13,14). The largest absolute Gasteiger partial charge is 0.494 e. The van der Waals surface area contributed by atoms with Gasteiger partial charge in [0.25, 0.3) is 0 Å². The summed E-state index contributed by atoms with van der Waals surface area (Å²) in [6.07, 6.45) is 0. The predicted molar refractivity (Wildman–Crippen MR) is 65.1 cm³/mol. The lowest BCUT2D eigenvalue weighted by molar-refractivity contribution is 0.419. The van der Waals surface area contributed by atoms with Crippen molar-refractivity contribution < 1.29 is 4.74 Å². The minimum absolute atomic E-state index is 0.541. The van der Waals surface area contributed by atoms with Gasteiger partial charge in [-0.15, -0.1) is 0 Å². The van der Waals surface area contributed by atoms with E-state index in [-0.39, 0.29) is 0 Å². The maximum absolute atomic E-state index is 5.78. The number of aryl methyl sites for hydroxylation is 1. The van der Waals surface area contributed by atoms with Crippen LogP contribution in [0.25, 0.3) is 10.9 Å². The second-order valence-corrected chi connectivity index (χ2v) is 4.19. The number of pyridine rings is 1. The van der Waals surface area contributed by atoms with Gasteiger partial charge in [-0.25, -0.2) is 4.98 Å². The van der Waals surface area contributed by atoms with Gasteiger partial charge < -0.3 is 10.5 Å². The third kappa shape index (κ3) is 1.65. The summed E-state index contributed by atoms with van der Waals surface area (Å²) >= 11 is 3.48. The number of nitrogen functional groups attached to an aromatic ring is 1. The van der Waals surface area contributed by atoms with E-state index in [1.165, 1.54) is 0 Å². The van der Waals surface area contributed by atoms with E-state index < -0.39 is 0 Å². The minimum Gasteiger partial charge on any atom is -0.494 e. The second kappa shape index (κ2) is 3.70. The van der Waals surface area contributed by atoms with Crippen LogP contribution in [0.1, 0.15) is 5.56 Å². The normalized spacial score (nSPS) is 10.6. The monoisotopic (exact) mass is 266 g/mol. The summed E-state index contributed by atoms with van der Waals surface area (Å²) in [6.45, 7) is 1.94. The average molecular weight is 267 g/mol. The Labute approximate surface area is 96.4 Å². The molecule has 78 valence electrons. The van der Waals surface area contributed by atoms with E-state index in [4.69, 9.17) is 10.5 Å². The molecule has 1 aromatic carbocycles. The van der Waals surface area contributed by atoms with Crippen LogP contribution in [0, 0.1) is 6.92 Å². The number of rotatable bonds is 1. The Balaban J connectivity index is 2.88. The Morgan fingerprint density at radius 3 is 2.80 bits per heavy atom. The van der Waals surface area contributed by atoms with Crippen molar-refractivity contribution >= 4 is 32.7 Å². The molecule has 0 radical (unpaired) electrons. The number of hydrogen-bond donors (Lipinski definition) is 1. The number of nitrogens with zero attached hydrogens (tertiary/aromatic N) is 1. The third-order valence-electron chi connectivity index (χ3n) is 2.34. The highest BCUT2D eigenvalue weighted by Crippen LogP contribution is 2.31. The van der Waals surface area contributed by atoms with Crippen molar-refractivity contribution in [2.45, 2.75) is 6.92 Å². The Hall–Kier alpha value is -1.29. The molecular formula is C11H11BrN2O. The van der Waals surface area contributed by atoms with E-state index in [2.05, 4.69) is 20.9 Å². The number of ether oxygens (including phenoxy) is 1. The molecule has 2 N–H and O–H groups in total. The van der Waals surface area contributed by atoms with E-state index in [1.54, 1.807) is 7.11 Å². The Bertz CT molecular complexity index is 525. The first kappa shape index (κ1) is 10.2. The van der Waals surface area contributed by atoms with Gasteiger partial charge in [-0.05, 0) is 30.7 Å². The molecule has 2 rings (SSSR count). The van der Waals surface area contributed by atoms with Crippen molar-refractivity contribution in [3.63, 3.8) is 0 Å². The molecule has 0 fully saturated rings. The van der Waals surface area contributed by atoms with Gasteiger partial charge in [0.2, 0.25) is 0 Å². The molecule has 0 unspecified atom stereocenters. The van der Waals surface area contributed by atoms with Crippen LogP contribution in [0.5, 0.6) is 5.75 Å². The number of anilines is 1. The summed E-state index contributed by atoms with van der Waals surface area (Å²) < 4.78 is 6.23. The molecule has 0 aliphatic heterocycles. The average Bonchev–Trinajstić information content (AvgIpc) is 2.22. The van der Waals surface area contributed by atoms with Crippen LogP contribution in [-0.2, 0) is 0 Å². The molecule has 15 heavy (non-hydrogen) atoms. The molecule has 0 amide bonds. The zero-order valence-electron chi connectivity index (χ0n) is 8.54. The van der Waals surface area contributed by atoms with Crippen molar-refractivity contribution in [1.82, 2.24) is 4.98 Å². The molecule has 0 saturated carbocycles. The summed E-state index contributed by atoms with van der Waals surface area (Å²) in [5.41, 5.74) is 7.53. The Morgan fingerprint density at radius 1 is 1.40 bits per heavy atom. The second-order valence-electron chi connectivity index (χ2n) is 3.34. The lowest BCUT2D eigenvalue weighted by atomic mass is 10.1. The highest BCUT2D eigenvalue weighted by Gasteiger charge is 2.08. The summed E-state index contributed by atoms with van der Waals surface area (Å²) in [5, 5.41) is 1.01. The molecule has 4 heteroatoms. The maximum Gasteiger partial charge on any atom is 0.145 e. The van der Waals surface area contributed by atoms with Crippen LogP contribution in [0.2, 0.25) is 0 Å². The number of hydrogen-bond acceptors (Lipinski definition) is 3. The fourth-order valence-corrected chi connectivity index (χ4v) is 1.91. The molecular weight excluding hydrogens is 256 g/mol. The van der Waals surface area contributed by atoms with Crippen LogP contribution in [0.3, 0.4) is 0 Å². The van der Waals surface area contributed by atoms with Crippen LogP contribution >= 0.6 is 15.9 Å². The first-order chi connectivity index (χ1) is 7.13. The lowest BCUT2D eigenvalue weighted by Crippen LogP contribution is -1.96. The quantitative estimate of drug-likeness (QED) is 0.864. The van der Waals surface area contributed by atoms with Crippen LogP contribution in [-0.4, -0.2) is 12.1 Å². The molecule has 1 heterocycles. The number of halogens is 1. The molecule has 0 aliphatic carbocycles. The van der Waals surface area contributed by atoms with E-state index in [0.717, 1.165) is 26.7 Å². The molecule has 0 spiro atoms. The SMILES string of the molecule is COc1ccc(Br)c2cc(C)c(N)nc12. The van der Waals surface area contributed by atoms with Crippen LogP contribution in [0.15, 0.2) is 22.7 Å². The van der Waals surface area contributed by atoms with Gasteiger partial charge in [-0.1, -0.05) is 15.9 Å². The van der Waals surface area contributed by atoms with Crippen molar-refractivity contribution in [3.8, 4) is 5.75 Å². The number of methoxy groups -OCH3 is 1. The van der Waals surface area contributed by atoms with Gasteiger partial charge in [0.1, 0.15) is 17.1 Å². The first-order valence-corrected chi connectivity index (χ1v) is 5.32. The fraction of sp³-hybridized carbons (Fsp3) is 0.182. The van der Waals surface area contributed by atoms with Gasteiger partial charge in [0, 0.05) is 9.86 Å². The van der Waals surface area contributed by atoms with E-state index >= 15 is 0 Å². The Morgan fingerprint density at radius 2 is 2.13 bits per heavy atom. The molecule has 0 bridgehead atoms. The smallest absolute Gasteiger partial charge is 0.145 e. The van der Waals surface area contributed by atoms with E-state index in [1.807, 2.05) is 25.1 Å². The van der Waals surface area contributed by atoms with Gasteiger partial charge in [-0.2, -0.15) is 0 Å². The van der Waals surface area contributed by atoms with Gasteiger partial charge in [0.15, 0.2) is 0 Å². The number of aromatic nitrogens is 1. The van der Waals surface area contributed by atoms with Crippen molar-refractivity contribution in [2.24, 2.45) is 0 Å². The first-order valence-electron chi connectivity index (χ1n) is 4.53. The number of nitrogens with two attached hydrogens (primary N) is 1. The zero-order chi connectivity index (χ0) is 11.0. The van der Waals surface area contributed by atoms with Crippen LogP contribution < -0.4 is 10.5 Å². The highest BCUT2D eigenvalue weighted by atomic mass is 79.9. The zero-order valence-corrected chi connectivity index (χ0v) is 10.1. The summed E-state index contributed by atoms with van der Waals surface area (Å²) in [5.74, 6) is 1.28. The van der Waals surface area contributed by atoms with Gasteiger partial charge >= 0.3 is 0 Å². The van der Waals surface area contributed by atoms with E-state index in [0.29, 0.717) is 5.82 Å². The molecule has 0 saturated heterocycles. The molecule has 1 aromatic heterocycles. The number of fused-ring (bicyclic) bond motifs is 1. The summed E-state index contributed by atoms with van der Waals surface area (Å²) in [6, 6.07) is 5.82. The predicted octanol–water partition coefficient (Wildman–Crippen LogP) is 2.90. The number of benzene rings is 1. The molecule has 0 atom stereocenters. The topological polar surface area (TPSA) is 48.1 Å². The maximum atomic E-state index is 5.78. The van der Waals surface area contributed by atoms with Crippen molar-refractivity contribution in [1.29, 1.82) is 0 Å². The van der Waals surface area contributed by atoms with Gasteiger partial charge in [-0.3, -0.25) is 0 Å². The minimum atomic E-state index is 0.541. The highest BCUT2D eigenvalue weighted by molar-refractivity contribution is 9.10. The lowest BCUT2D eigenvalue weighted by Gasteiger charge is -2.08. The van der Waals surface area contributed by atoms with Crippen molar-refractivity contribution in [3.05, 3.63) is 28.2 Å². The van der Waals surface area contributed by atoms with Gasteiger partial charge in [0.05, 0.1) is 7.11 Å². The van der Waals surface area contributed by atoms with Crippen molar-refractivity contribution in [2.75, 3.05) is 12.8 Å². The van der Waals surface area contributed by atoms with E-state index in [9.17, 15) is 0 Å². The summed E-state index contributed by atoms with van der Waals surface area (Å²) in [7, 11) is 1.63. The Kier molecular flexibility index (Phi) is 2.52. The molecule has 3 nitrogen and oxygen atoms in total. The molecule has 2 aromatic rings. The fourth-order valence-electron chi connectivity index (χ4n) is 1.48. The summed E-state index contributed by atoms with van der Waals surface area (Å²) in [4.78, 5) is 4.33. The van der Waals surface area contributed by atoms with Crippen LogP contribution in [0.4, 0.5) is 5.82 Å².